The molecule has 0 aromatic rings. The van der Waals surface area contributed by atoms with E-state index in [4.69, 9.17) is 0 Å². The normalized spacial score (nSPS) is 15.3. The maximum absolute atomic E-state index is 11.8. The average molecular weight is 208 g/mol. The molecule has 0 saturated carbocycles. The van der Waals surface area contributed by atoms with E-state index >= 15 is 0 Å². The molecular formula is C9H15F3N2. The lowest BCUT2D eigenvalue weighted by molar-refractivity contribution is -0.0807. The number of hydrogen-bond donors (Lipinski definition) is 0. The summed E-state index contributed by atoms with van der Waals surface area (Å²) in [7, 11) is 1.56. The van der Waals surface area contributed by atoms with Crippen molar-refractivity contribution in [1.29, 1.82) is 0 Å². The quantitative estimate of drug-likeness (QED) is 0.648. The summed E-state index contributed by atoms with van der Waals surface area (Å²) in [5, 5.41) is 0. The zero-order chi connectivity index (χ0) is 11.2. The summed E-state index contributed by atoms with van der Waals surface area (Å²) in [6.07, 6.45) is -0.886. The number of hydrogen-bond acceptors (Lipinski definition) is 2. The summed E-state index contributed by atoms with van der Waals surface area (Å²) in [5.74, 6) is 0. The summed E-state index contributed by atoms with van der Waals surface area (Å²) in [6, 6.07) is 0. The summed E-state index contributed by atoms with van der Waals surface area (Å²) in [5.41, 5.74) is 0. The van der Waals surface area contributed by atoms with Crippen LogP contribution in [0.25, 0.3) is 0 Å². The van der Waals surface area contributed by atoms with E-state index < -0.39 is 6.18 Å². The third-order valence-corrected chi connectivity index (χ3v) is 1.59. The Bertz CT molecular complexity index is 209. The predicted octanol–water partition coefficient (Wildman–Crippen LogP) is 2.82. The summed E-state index contributed by atoms with van der Waals surface area (Å²) < 4.78 is 35.3. The van der Waals surface area contributed by atoms with Gasteiger partial charge < -0.3 is 4.90 Å². The second-order valence-corrected chi connectivity index (χ2v) is 2.89. The van der Waals surface area contributed by atoms with Crippen molar-refractivity contribution in [2.45, 2.75) is 32.6 Å². The fourth-order valence-electron chi connectivity index (χ4n) is 0.690. The Morgan fingerprint density at radius 3 is 2.43 bits per heavy atom. The van der Waals surface area contributed by atoms with E-state index in [-0.39, 0.29) is 12.2 Å². The molecule has 0 aliphatic heterocycles. The van der Waals surface area contributed by atoms with Gasteiger partial charge in [0.15, 0.2) is 0 Å². The van der Waals surface area contributed by atoms with E-state index in [1.54, 1.807) is 20.2 Å². The van der Waals surface area contributed by atoms with Crippen molar-refractivity contribution in [3.63, 3.8) is 0 Å². The standard InChI is InChI=1S/C9H15F3N2/c1-4-6-13-8(2)14(3)7-5-9(10,11)12/h5-8H,4H2,1-3H3/b7-5+,13-6-. The lowest BCUT2D eigenvalue weighted by atomic mass is 10.4. The zero-order valence-corrected chi connectivity index (χ0v) is 8.54. The molecule has 0 aliphatic rings. The van der Waals surface area contributed by atoms with Crippen molar-refractivity contribution in [3.05, 3.63) is 12.3 Å². The molecule has 0 aromatic heterocycles. The molecule has 0 N–H and O–H groups in total. The van der Waals surface area contributed by atoms with E-state index in [0.29, 0.717) is 0 Å². The molecule has 0 radical (unpaired) electrons. The summed E-state index contributed by atoms with van der Waals surface area (Å²) >= 11 is 0. The molecular weight excluding hydrogens is 193 g/mol. The predicted molar refractivity (Wildman–Crippen MR) is 51.2 cm³/mol. The van der Waals surface area contributed by atoms with Crippen LogP contribution in [0, 0.1) is 0 Å². The van der Waals surface area contributed by atoms with Gasteiger partial charge in [-0.2, -0.15) is 13.2 Å². The Labute approximate surface area is 82.1 Å². The largest absolute Gasteiger partial charge is 0.411 e. The molecule has 0 rings (SSSR count). The highest BCUT2D eigenvalue weighted by molar-refractivity contribution is 5.56. The Morgan fingerprint density at radius 1 is 1.43 bits per heavy atom. The van der Waals surface area contributed by atoms with Gasteiger partial charge in [0, 0.05) is 25.5 Å². The molecule has 1 atom stereocenters. The number of allylic oxidation sites excluding steroid dienone is 1. The molecule has 1 unspecified atom stereocenters. The van der Waals surface area contributed by atoms with Crippen LogP contribution >= 0.6 is 0 Å². The SMILES string of the molecule is CC/C=N\C(C)N(C)/C=C/C(F)(F)F. The molecule has 5 heteroatoms. The van der Waals surface area contributed by atoms with Gasteiger partial charge in [-0.15, -0.1) is 0 Å². The Kier molecular flexibility index (Phi) is 5.27. The van der Waals surface area contributed by atoms with Gasteiger partial charge in [-0.3, -0.25) is 4.99 Å². The number of aliphatic imine (C=N–C) groups is 1. The van der Waals surface area contributed by atoms with Gasteiger partial charge in [-0.25, -0.2) is 0 Å². The minimum atomic E-state index is -4.26. The fraction of sp³-hybridized carbons (Fsp3) is 0.667. The maximum atomic E-state index is 11.8. The number of halogens is 3. The third kappa shape index (κ3) is 6.51. The molecule has 0 spiro atoms. The summed E-state index contributed by atoms with van der Waals surface area (Å²) in [6.45, 7) is 3.65. The molecule has 82 valence electrons. The third-order valence-electron chi connectivity index (χ3n) is 1.59. The van der Waals surface area contributed by atoms with Crippen LogP contribution in [-0.4, -0.2) is 30.5 Å². The van der Waals surface area contributed by atoms with E-state index in [1.807, 2.05) is 6.92 Å². The highest BCUT2D eigenvalue weighted by atomic mass is 19.4. The Morgan fingerprint density at radius 2 is 2.00 bits per heavy atom. The van der Waals surface area contributed by atoms with Gasteiger partial charge in [0.25, 0.3) is 0 Å². The number of rotatable bonds is 4. The van der Waals surface area contributed by atoms with Crippen LogP contribution in [0.5, 0.6) is 0 Å². The molecule has 2 nitrogen and oxygen atoms in total. The topological polar surface area (TPSA) is 15.6 Å². The van der Waals surface area contributed by atoms with Gasteiger partial charge in [0.2, 0.25) is 0 Å². The van der Waals surface area contributed by atoms with Crippen molar-refractivity contribution in [3.8, 4) is 0 Å². The second kappa shape index (κ2) is 5.67. The minimum Gasteiger partial charge on any atom is -0.359 e. The van der Waals surface area contributed by atoms with Crippen LogP contribution in [0.15, 0.2) is 17.3 Å². The van der Waals surface area contributed by atoms with Gasteiger partial charge in [0.05, 0.1) is 0 Å². The molecule has 0 bridgehead atoms. The van der Waals surface area contributed by atoms with E-state index in [2.05, 4.69) is 4.99 Å². The monoisotopic (exact) mass is 208 g/mol. The zero-order valence-electron chi connectivity index (χ0n) is 8.54. The first-order chi connectivity index (χ1) is 6.37. The molecule has 0 fully saturated rings. The van der Waals surface area contributed by atoms with Gasteiger partial charge >= 0.3 is 6.18 Å². The first kappa shape index (κ1) is 13.0. The molecule has 0 amide bonds. The van der Waals surface area contributed by atoms with E-state index in [1.165, 1.54) is 4.90 Å². The smallest absolute Gasteiger partial charge is 0.359 e. The lowest BCUT2D eigenvalue weighted by Crippen LogP contribution is -2.22. The Hall–Kier alpha value is -1.00. The Balaban J connectivity index is 4.14. The molecule has 0 heterocycles. The maximum Gasteiger partial charge on any atom is 0.411 e. The van der Waals surface area contributed by atoms with Crippen molar-refractivity contribution in [1.82, 2.24) is 4.90 Å². The highest BCUT2D eigenvalue weighted by Crippen LogP contribution is 2.16. The molecule has 0 aliphatic carbocycles. The van der Waals surface area contributed by atoms with Gasteiger partial charge in [-0.05, 0) is 13.3 Å². The molecule has 0 saturated heterocycles. The molecule has 0 aromatic carbocycles. The van der Waals surface area contributed by atoms with Crippen LogP contribution in [0.3, 0.4) is 0 Å². The van der Waals surface area contributed by atoms with Gasteiger partial charge in [0.1, 0.15) is 6.17 Å². The van der Waals surface area contributed by atoms with Crippen LogP contribution < -0.4 is 0 Å². The van der Waals surface area contributed by atoms with Gasteiger partial charge in [-0.1, -0.05) is 6.92 Å². The second-order valence-electron chi connectivity index (χ2n) is 2.89. The average Bonchev–Trinajstić information content (AvgIpc) is 2.09. The minimum absolute atomic E-state index is 0.199. The van der Waals surface area contributed by atoms with Crippen LogP contribution in [-0.2, 0) is 0 Å². The van der Waals surface area contributed by atoms with Crippen LogP contribution in [0.2, 0.25) is 0 Å². The number of nitrogens with zero attached hydrogens (tertiary/aromatic N) is 2. The first-order valence-corrected chi connectivity index (χ1v) is 4.36. The van der Waals surface area contributed by atoms with Crippen molar-refractivity contribution < 1.29 is 13.2 Å². The first-order valence-electron chi connectivity index (χ1n) is 4.36. The fourth-order valence-corrected chi connectivity index (χ4v) is 0.690. The van der Waals surface area contributed by atoms with Crippen LogP contribution in [0.1, 0.15) is 20.3 Å². The highest BCUT2D eigenvalue weighted by Gasteiger charge is 2.22. The van der Waals surface area contributed by atoms with E-state index in [9.17, 15) is 13.2 Å². The molecule has 14 heavy (non-hydrogen) atoms. The van der Waals surface area contributed by atoms with Crippen LogP contribution in [0.4, 0.5) is 13.2 Å². The van der Waals surface area contributed by atoms with Crippen molar-refractivity contribution in [2.24, 2.45) is 4.99 Å². The van der Waals surface area contributed by atoms with E-state index in [0.717, 1.165) is 12.6 Å². The lowest BCUT2D eigenvalue weighted by Gasteiger charge is -2.19. The summed E-state index contributed by atoms with van der Waals surface area (Å²) in [4.78, 5) is 5.43. The van der Waals surface area contributed by atoms with Crippen molar-refractivity contribution >= 4 is 6.21 Å². The van der Waals surface area contributed by atoms with Crippen molar-refractivity contribution in [2.75, 3.05) is 7.05 Å². The number of alkyl halides is 3.